The van der Waals surface area contributed by atoms with E-state index in [9.17, 15) is 13.2 Å². The Morgan fingerprint density at radius 2 is 1.82 bits per heavy atom. The molecule has 8 nitrogen and oxygen atoms in total. The van der Waals surface area contributed by atoms with Gasteiger partial charge in [0.05, 0.1) is 6.42 Å². The van der Waals surface area contributed by atoms with Crippen molar-refractivity contribution in [2.75, 3.05) is 33.0 Å². The Morgan fingerprint density at radius 3 is 2.57 bits per heavy atom. The summed E-state index contributed by atoms with van der Waals surface area (Å²) in [5.41, 5.74) is 1.09. The molecule has 1 saturated heterocycles. The Kier molecular flexibility index (Phi) is 5.28. The first-order valence-electron chi connectivity index (χ1n) is 8.83. The van der Waals surface area contributed by atoms with Gasteiger partial charge in [0.2, 0.25) is 6.79 Å². The van der Waals surface area contributed by atoms with E-state index in [1.54, 1.807) is 6.07 Å². The lowest BCUT2D eigenvalue weighted by molar-refractivity contribution is -0.136. The first-order chi connectivity index (χ1) is 13.4. The van der Waals surface area contributed by atoms with Gasteiger partial charge in [0, 0.05) is 37.6 Å². The van der Waals surface area contributed by atoms with Crippen molar-refractivity contribution >= 4 is 27.3 Å². The highest BCUT2D eigenvalue weighted by Crippen LogP contribution is 2.33. The molecule has 10 heteroatoms. The van der Waals surface area contributed by atoms with Gasteiger partial charge in [0.1, 0.15) is 4.21 Å². The van der Waals surface area contributed by atoms with Gasteiger partial charge in [-0.05, 0) is 29.8 Å². The Morgan fingerprint density at radius 1 is 1.07 bits per heavy atom. The molecule has 0 saturated carbocycles. The number of thiophene rings is 1. The Bertz CT molecular complexity index is 980. The molecule has 2 aliphatic rings. The average Bonchev–Trinajstić information content (AvgIpc) is 3.31. The van der Waals surface area contributed by atoms with Gasteiger partial charge in [0.15, 0.2) is 11.5 Å². The van der Waals surface area contributed by atoms with Crippen molar-refractivity contribution in [3.8, 4) is 11.5 Å². The predicted molar refractivity (Wildman–Crippen MR) is 102 cm³/mol. The van der Waals surface area contributed by atoms with Crippen molar-refractivity contribution in [2.45, 2.75) is 17.2 Å². The maximum Gasteiger partial charge on any atom is 0.308 e. The van der Waals surface area contributed by atoms with Gasteiger partial charge >= 0.3 is 5.97 Å². The minimum absolute atomic E-state index is 0.163. The van der Waals surface area contributed by atoms with E-state index in [0.29, 0.717) is 37.6 Å². The molecular formula is C18H20N2O6S2. The van der Waals surface area contributed by atoms with Gasteiger partial charge in [-0.25, -0.2) is 8.42 Å². The second-order valence-corrected chi connectivity index (χ2v) is 9.99. The fourth-order valence-electron chi connectivity index (χ4n) is 3.29. The predicted octanol–water partition coefficient (Wildman–Crippen LogP) is 1.61. The van der Waals surface area contributed by atoms with Crippen LogP contribution >= 0.6 is 11.3 Å². The smallest absolute Gasteiger partial charge is 0.308 e. The first-order valence-corrected chi connectivity index (χ1v) is 11.1. The zero-order valence-electron chi connectivity index (χ0n) is 15.0. The summed E-state index contributed by atoms with van der Waals surface area (Å²) in [5.74, 6) is 0.523. The van der Waals surface area contributed by atoms with Gasteiger partial charge in [-0.2, -0.15) is 4.31 Å². The number of aliphatic carboxylic acids is 1. The number of carbonyl (C=O) groups is 1. The second-order valence-electron chi connectivity index (χ2n) is 6.66. The van der Waals surface area contributed by atoms with Crippen molar-refractivity contribution in [2.24, 2.45) is 0 Å². The molecule has 0 radical (unpaired) electrons. The van der Waals surface area contributed by atoms with E-state index in [4.69, 9.17) is 14.6 Å². The van der Waals surface area contributed by atoms with Crippen LogP contribution in [0.3, 0.4) is 0 Å². The fraction of sp³-hybridized carbons (Fsp3) is 0.389. The molecule has 1 fully saturated rings. The number of nitrogens with zero attached hydrogens (tertiary/aromatic N) is 2. The van der Waals surface area contributed by atoms with Gasteiger partial charge in [-0.15, -0.1) is 11.3 Å². The summed E-state index contributed by atoms with van der Waals surface area (Å²) >= 11 is 1.03. The van der Waals surface area contributed by atoms with Crippen LogP contribution in [0.25, 0.3) is 0 Å². The highest BCUT2D eigenvalue weighted by atomic mass is 32.2. The third-order valence-electron chi connectivity index (χ3n) is 4.73. The van der Waals surface area contributed by atoms with E-state index >= 15 is 0 Å². The lowest BCUT2D eigenvalue weighted by Gasteiger charge is -2.33. The molecule has 2 aromatic rings. The monoisotopic (exact) mass is 424 g/mol. The molecule has 0 spiro atoms. The minimum Gasteiger partial charge on any atom is -0.481 e. The molecule has 0 atom stereocenters. The van der Waals surface area contributed by atoms with Crippen LogP contribution in [0.15, 0.2) is 34.5 Å². The normalized spacial score (nSPS) is 17.7. The zero-order chi connectivity index (χ0) is 19.7. The molecule has 0 aliphatic carbocycles. The van der Waals surface area contributed by atoms with E-state index < -0.39 is 16.0 Å². The van der Waals surface area contributed by atoms with Crippen LogP contribution in [0.1, 0.15) is 10.4 Å². The molecule has 1 N–H and O–H groups in total. The highest BCUT2D eigenvalue weighted by molar-refractivity contribution is 7.91. The number of carboxylic acid groups (broad SMARTS) is 1. The van der Waals surface area contributed by atoms with Crippen LogP contribution in [0.2, 0.25) is 0 Å². The summed E-state index contributed by atoms with van der Waals surface area (Å²) in [7, 11) is -3.59. The van der Waals surface area contributed by atoms with Crippen molar-refractivity contribution in [3.63, 3.8) is 0 Å². The summed E-state index contributed by atoms with van der Waals surface area (Å²) < 4.78 is 38.0. The SMILES string of the molecule is O=C(O)Cc1ccc(S(=O)(=O)N2CCN(Cc3ccc4c(c3)OCO4)CC2)s1. The molecule has 0 unspecified atom stereocenters. The molecule has 3 heterocycles. The number of hydrogen-bond donors (Lipinski definition) is 1. The van der Waals surface area contributed by atoms with Crippen LogP contribution < -0.4 is 9.47 Å². The Labute approximate surface area is 167 Å². The van der Waals surface area contributed by atoms with Gasteiger partial charge in [-0.3, -0.25) is 9.69 Å². The number of rotatable bonds is 6. The number of hydrogen-bond acceptors (Lipinski definition) is 7. The molecule has 1 aromatic heterocycles. The van der Waals surface area contributed by atoms with Crippen molar-refractivity contribution < 1.29 is 27.8 Å². The maximum absolute atomic E-state index is 12.8. The number of piperazine rings is 1. The maximum atomic E-state index is 12.8. The Hall–Kier alpha value is -2.14. The third-order valence-corrected chi connectivity index (χ3v) is 8.18. The Balaban J connectivity index is 1.36. The topological polar surface area (TPSA) is 96.4 Å². The molecular weight excluding hydrogens is 404 g/mol. The van der Waals surface area contributed by atoms with Crippen LogP contribution in [0, 0.1) is 0 Å². The van der Waals surface area contributed by atoms with Crippen LogP contribution in [-0.2, 0) is 27.8 Å². The number of ether oxygens (including phenoxy) is 2. The van der Waals surface area contributed by atoms with E-state index in [-0.39, 0.29) is 17.4 Å². The lowest BCUT2D eigenvalue weighted by Crippen LogP contribution is -2.48. The zero-order valence-corrected chi connectivity index (χ0v) is 16.7. The van der Waals surface area contributed by atoms with Gasteiger partial charge < -0.3 is 14.6 Å². The quantitative estimate of drug-likeness (QED) is 0.753. The average molecular weight is 425 g/mol. The molecule has 2 aliphatic heterocycles. The third kappa shape index (κ3) is 4.00. The summed E-state index contributed by atoms with van der Waals surface area (Å²) in [4.78, 5) is 13.5. The van der Waals surface area contributed by atoms with Gasteiger partial charge in [0.25, 0.3) is 10.0 Å². The summed E-state index contributed by atoms with van der Waals surface area (Å²) in [6.45, 7) is 3.01. The first kappa shape index (κ1) is 19.2. The van der Waals surface area contributed by atoms with Crippen molar-refractivity contribution in [1.29, 1.82) is 0 Å². The molecule has 0 amide bonds. The number of fused-ring (bicyclic) bond motifs is 1. The number of sulfonamides is 1. The van der Waals surface area contributed by atoms with E-state index in [1.165, 1.54) is 10.4 Å². The molecule has 150 valence electrons. The van der Waals surface area contributed by atoms with Crippen molar-refractivity contribution in [3.05, 3.63) is 40.8 Å². The molecule has 1 aromatic carbocycles. The van der Waals surface area contributed by atoms with E-state index in [2.05, 4.69) is 4.90 Å². The lowest BCUT2D eigenvalue weighted by atomic mass is 10.2. The van der Waals surface area contributed by atoms with E-state index in [0.717, 1.165) is 28.4 Å². The molecule has 4 rings (SSSR count). The number of benzene rings is 1. The highest BCUT2D eigenvalue weighted by Gasteiger charge is 2.30. The van der Waals surface area contributed by atoms with Crippen molar-refractivity contribution in [1.82, 2.24) is 9.21 Å². The summed E-state index contributed by atoms with van der Waals surface area (Å²) in [6, 6.07) is 8.91. The largest absolute Gasteiger partial charge is 0.481 e. The molecule has 28 heavy (non-hydrogen) atoms. The molecule has 0 bridgehead atoms. The van der Waals surface area contributed by atoms with E-state index in [1.807, 2.05) is 18.2 Å². The summed E-state index contributed by atoms with van der Waals surface area (Å²) in [6.07, 6.45) is -0.163. The van der Waals surface area contributed by atoms with Gasteiger partial charge in [-0.1, -0.05) is 6.07 Å². The summed E-state index contributed by atoms with van der Waals surface area (Å²) in [5, 5.41) is 8.86. The standard InChI is InChI=1S/C18H20N2O6S2/c21-17(22)10-14-2-4-18(27-14)28(23,24)20-7-5-19(6-8-20)11-13-1-3-15-16(9-13)26-12-25-15/h1-4,9H,5-8,10-12H2,(H,21,22). The fourth-order valence-corrected chi connectivity index (χ4v) is 6.22. The second kappa shape index (κ2) is 7.70. The van der Waals surface area contributed by atoms with Crippen LogP contribution in [0.4, 0.5) is 0 Å². The minimum atomic E-state index is -3.59. The van der Waals surface area contributed by atoms with Crippen LogP contribution in [0.5, 0.6) is 11.5 Å². The van der Waals surface area contributed by atoms with Crippen LogP contribution in [-0.4, -0.2) is 61.7 Å². The number of carboxylic acids is 1.